The lowest BCUT2D eigenvalue weighted by atomic mass is 10.1. The van der Waals surface area contributed by atoms with Crippen LogP contribution in [0.1, 0.15) is 23.4 Å². The van der Waals surface area contributed by atoms with Gasteiger partial charge in [0, 0.05) is 10.2 Å². The third-order valence-corrected chi connectivity index (χ3v) is 4.81. The fourth-order valence-electron chi connectivity index (χ4n) is 1.86. The number of hydrogen-bond donors (Lipinski definition) is 1. The molecule has 2 aromatic rings. The van der Waals surface area contributed by atoms with Gasteiger partial charge in [0.05, 0.1) is 11.5 Å². The Balaban J connectivity index is 2.31. The highest BCUT2D eigenvalue weighted by Gasteiger charge is 2.25. The monoisotopic (exact) mass is 353 g/mol. The highest BCUT2D eigenvalue weighted by atomic mass is 79.9. The maximum atomic E-state index is 12.2. The molecule has 106 valence electrons. The first-order chi connectivity index (χ1) is 9.63. The second-order valence-electron chi connectivity index (χ2n) is 4.28. The van der Waals surface area contributed by atoms with E-state index in [0.29, 0.717) is 6.61 Å². The molecule has 0 saturated carbocycles. The Hall–Kier alpha value is -1.33. The first kappa shape index (κ1) is 15.1. The maximum Gasteiger partial charge on any atom is 0.334 e. The number of ether oxygens (including phenoxy) is 1. The van der Waals surface area contributed by atoms with E-state index in [9.17, 15) is 4.79 Å². The molecule has 0 amide bonds. The molecule has 0 bridgehead atoms. The number of hydrogen-bond acceptors (Lipinski definition) is 4. The Bertz CT molecular complexity index is 597. The first-order valence-electron chi connectivity index (χ1n) is 6.35. The molecule has 1 atom stereocenters. The second-order valence-corrected chi connectivity index (χ2v) is 6.08. The van der Waals surface area contributed by atoms with Crippen molar-refractivity contribution in [2.45, 2.75) is 19.9 Å². The van der Waals surface area contributed by atoms with Crippen LogP contribution in [-0.4, -0.2) is 12.6 Å². The number of benzene rings is 1. The van der Waals surface area contributed by atoms with Gasteiger partial charge in [-0.05, 0) is 52.9 Å². The normalized spacial score (nSPS) is 11.9. The summed E-state index contributed by atoms with van der Waals surface area (Å²) in [6, 6.07) is 9.33. The lowest BCUT2D eigenvalue weighted by Crippen LogP contribution is -2.23. The summed E-state index contributed by atoms with van der Waals surface area (Å²) in [5, 5.41) is 5.23. The van der Waals surface area contributed by atoms with E-state index in [1.807, 2.05) is 49.6 Å². The molecule has 0 saturated heterocycles. The van der Waals surface area contributed by atoms with Crippen LogP contribution in [0.3, 0.4) is 0 Å². The molecule has 1 aromatic carbocycles. The number of rotatable bonds is 5. The van der Waals surface area contributed by atoms with Gasteiger partial charge in [-0.2, -0.15) is 0 Å². The zero-order chi connectivity index (χ0) is 14.5. The predicted molar refractivity (Wildman–Crippen MR) is 86.2 cm³/mol. The summed E-state index contributed by atoms with van der Waals surface area (Å²) in [7, 11) is 0. The van der Waals surface area contributed by atoms with Gasteiger partial charge in [0.1, 0.15) is 0 Å². The molecule has 3 nitrogen and oxygen atoms in total. The van der Waals surface area contributed by atoms with Crippen LogP contribution in [0.2, 0.25) is 0 Å². The minimum absolute atomic E-state index is 0.265. The maximum absolute atomic E-state index is 12.2. The molecular formula is C15H16BrNO2S. The molecule has 0 radical (unpaired) electrons. The average molecular weight is 354 g/mol. The van der Waals surface area contributed by atoms with Gasteiger partial charge < -0.3 is 10.1 Å². The zero-order valence-electron chi connectivity index (χ0n) is 11.4. The van der Waals surface area contributed by atoms with E-state index < -0.39 is 6.04 Å². The fraction of sp³-hybridized carbons (Fsp3) is 0.267. The summed E-state index contributed by atoms with van der Waals surface area (Å²) in [5.74, 6) is -0.265. The van der Waals surface area contributed by atoms with Gasteiger partial charge in [0.2, 0.25) is 0 Å². The van der Waals surface area contributed by atoms with E-state index in [1.54, 1.807) is 0 Å². The number of thiophene rings is 1. The van der Waals surface area contributed by atoms with Crippen molar-refractivity contribution in [1.82, 2.24) is 0 Å². The number of carbonyl (C=O) groups is 1. The molecule has 0 aliphatic carbocycles. The highest BCUT2D eigenvalue weighted by molar-refractivity contribution is 9.10. The van der Waals surface area contributed by atoms with Gasteiger partial charge in [-0.15, -0.1) is 11.3 Å². The van der Waals surface area contributed by atoms with Gasteiger partial charge in [-0.3, -0.25) is 0 Å². The molecule has 0 aliphatic rings. The standard InChI is InChI=1S/C15H16BrNO2S/c1-3-19-15(18)13(14-11(16)8-9-20-14)17-12-7-5-4-6-10(12)2/h4-9,13,17H,3H2,1-2H3. The van der Waals surface area contributed by atoms with Crippen LogP contribution in [-0.2, 0) is 9.53 Å². The summed E-state index contributed by atoms with van der Waals surface area (Å²) >= 11 is 5.01. The molecule has 5 heteroatoms. The van der Waals surface area contributed by atoms with Crippen molar-refractivity contribution in [1.29, 1.82) is 0 Å². The minimum Gasteiger partial charge on any atom is -0.464 e. The molecule has 1 N–H and O–H groups in total. The van der Waals surface area contributed by atoms with Crippen molar-refractivity contribution in [3.05, 3.63) is 50.6 Å². The van der Waals surface area contributed by atoms with Crippen molar-refractivity contribution in [3.63, 3.8) is 0 Å². The van der Waals surface area contributed by atoms with Crippen LogP contribution in [0.5, 0.6) is 0 Å². The minimum atomic E-state index is -0.495. The quantitative estimate of drug-likeness (QED) is 0.802. The number of para-hydroxylation sites is 1. The molecular weight excluding hydrogens is 338 g/mol. The topological polar surface area (TPSA) is 38.3 Å². The Labute approximate surface area is 131 Å². The highest BCUT2D eigenvalue weighted by Crippen LogP contribution is 2.32. The van der Waals surface area contributed by atoms with Gasteiger partial charge in [-0.1, -0.05) is 18.2 Å². The summed E-state index contributed by atoms with van der Waals surface area (Å²) in [6.45, 7) is 4.19. The number of aryl methyl sites for hydroxylation is 1. The summed E-state index contributed by atoms with van der Waals surface area (Å²) in [5.41, 5.74) is 2.03. The van der Waals surface area contributed by atoms with Crippen molar-refractivity contribution in [2.75, 3.05) is 11.9 Å². The van der Waals surface area contributed by atoms with Gasteiger partial charge in [-0.25, -0.2) is 4.79 Å². The summed E-state index contributed by atoms with van der Waals surface area (Å²) < 4.78 is 6.10. The molecule has 0 fully saturated rings. The van der Waals surface area contributed by atoms with Crippen molar-refractivity contribution in [2.24, 2.45) is 0 Å². The van der Waals surface area contributed by atoms with Gasteiger partial charge >= 0.3 is 5.97 Å². The first-order valence-corrected chi connectivity index (χ1v) is 8.02. The molecule has 0 spiro atoms. The van der Waals surface area contributed by atoms with Crippen LogP contribution >= 0.6 is 27.3 Å². The number of nitrogens with one attached hydrogen (secondary N) is 1. The van der Waals surface area contributed by atoms with E-state index in [-0.39, 0.29) is 5.97 Å². The van der Waals surface area contributed by atoms with Crippen molar-refractivity contribution >= 4 is 38.9 Å². The second kappa shape index (κ2) is 6.90. The van der Waals surface area contributed by atoms with Crippen LogP contribution in [0.15, 0.2) is 40.2 Å². The Morgan fingerprint density at radius 1 is 1.40 bits per heavy atom. The van der Waals surface area contributed by atoms with Gasteiger partial charge in [0.25, 0.3) is 0 Å². The lowest BCUT2D eigenvalue weighted by Gasteiger charge is -2.19. The smallest absolute Gasteiger partial charge is 0.334 e. The van der Waals surface area contributed by atoms with Crippen LogP contribution in [0, 0.1) is 6.92 Å². The SMILES string of the molecule is CCOC(=O)C(Nc1ccccc1C)c1sccc1Br. The fourth-order valence-corrected chi connectivity index (χ4v) is 3.50. The number of carbonyl (C=O) groups excluding carboxylic acids is 1. The Morgan fingerprint density at radius 3 is 2.75 bits per heavy atom. The third-order valence-electron chi connectivity index (χ3n) is 2.87. The van der Waals surface area contributed by atoms with Crippen LogP contribution in [0.25, 0.3) is 0 Å². The molecule has 0 aliphatic heterocycles. The largest absolute Gasteiger partial charge is 0.464 e. The Morgan fingerprint density at radius 2 is 2.15 bits per heavy atom. The van der Waals surface area contributed by atoms with E-state index in [0.717, 1.165) is 20.6 Å². The Kier molecular flexibility index (Phi) is 5.20. The number of halogens is 1. The van der Waals surface area contributed by atoms with Crippen molar-refractivity contribution in [3.8, 4) is 0 Å². The third kappa shape index (κ3) is 3.41. The molecule has 1 aromatic heterocycles. The zero-order valence-corrected chi connectivity index (χ0v) is 13.8. The molecule has 2 rings (SSSR count). The summed E-state index contributed by atoms with van der Waals surface area (Å²) in [4.78, 5) is 13.1. The predicted octanol–water partition coefficient (Wildman–Crippen LogP) is 4.54. The average Bonchev–Trinajstić information content (AvgIpc) is 2.84. The van der Waals surface area contributed by atoms with E-state index >= 15 is 0 Å². The molecule has 1 unspecified atom stereocenters. The summed E-state index contributed by atoms with van der Waals surface area (Å²) in [6.07, 6.45) is 0. The van der Waals surface area contributed by atoms with Crippen LogP contribution in [0.4, 0.5) is 5.69 Å². The lowest BCUT2D eigenvalue weighted by molar-refractivity contribution is -0.144. The van der Waals surface area contributed by atoms with Crippen LogP contribution < -0.4 is 5.32 Å². The number of esters is 1. The molecule has 20 heavy (non-hydrogen) atoms. The van der Waals surface area contributed by atoms with E-state index in [1.165, 1.54) is 11.3 Å². The van der Waals surface area contributed by atoms with E-state index in [4.69, 9.17) is 4.74 Å². The molecule has 1 heterocycles. The van der Waals surface area contributed by atoms with E-state index in [2.05, 4.69) is 21.2 Å². The van der Waals surface area contributed by atoms with Gasteiger partial charge in [0.15, 0.2) is 6.04 Å². The number of anilines is 1. The van der Waals surface area contributed by atoms with Crippen molar-refractivity contribution < 1.29 is 9.53 Å².